The predicted molar refractivity (Wildman–Crippen MR) is 119 cm³/mol. The molecule has 162 valence electrons. The summed E-state index contributed by atoms with van der Waals surface area (Å²) in [6.45, 7) is 3.65. The molecule has 3 rings (SSSR count). The topological polar surface area (TPSA) is 87.7 Å². The number of benzene rings is 1. The monoisotopic (exact) mass is 469 g/mol. The molecule has 2 heterocycles. The van der Waals surface area contributed by atoms with Crippen molar-refractivity contribution in [3.63, 3.8) is 0 Å². The minimum Gasteiger partial charge on any atom is -0.383 e. The number of carbonyl (C=O) groups excluding carboxylic acids is 2. The van der Waals surface area contributed by atoms with Crippen LogP contribution in [-0.2, 0) is 20.7 Å². The number of ether oxygens (including phenoxy) is 1. The normalized spacial score (nSPS) is 14.1. The first-order valence-electron chi connectivity index (χ1n) is 9.55. The fraction of sp³-hybridized carbons (Fsp3) is 0.474. The number of amides is 2. The Bertz CT molecular complexity index is 858. The van der Waals surface area contributed by atoms with E-state index in [2.05, 4.69) is 20.4 Å². The van der Waals surface area contributed by atoms with Crippen molar-refractivity contribution >= 4 is 51.6 Å². The second-order valence-electron chi connectivity index (χ2n) is 6.62. The van der Waals surface area contributed by atoms with Gasteiger partial charge in [0, 0.05) is 44.9 Å². The van der Waals surface area contributed by atoms with Crippen molar-refractivity contribution < 1.29 is 14.3 Å². The molecule has 0 atom stereocenters. The molecule has 2 aromatic rings. The highest BCUT2D eigenvalue weighted by molar-refractivity contribution is 8.01. The van der Waals surface area contributed by atoms with E-state index in [-0.39, 0.29) is 11.8 Å². The van der Waals surface area contributed by atoms with E-state index in [0.717, 1.165) is 15.0 Å². The summed E-state index contributed by atoms with van der Waals surface area (Å²) in [5.74, 6) is 0.318. The Kier molecular flexibility index (Phi) is 8.74. The van der Waals surface area contributed by atoms with E-state index in [1.165, 1.54) is 23.1 Å². The number of nitrogens with one attached hydrogen (secondary N) is 1. The summed E-state index contributed by atoms with van der Waals surface area (Å²) in [7, 11) is 1.60. The molecule has 1 N–H and O–H groups in total. The van der Waals surface area contributed by atoms with Gasteiger partial charge in [-0.3, -0.25) is 9.59 Å². The summed E-state index contributed by atoms with van der Waals surface area (Å²) in [6.07, 6.45) is 0.311. The second kappa shape index (κ2) is 11.5. The van der Waals surface area contributed by atoms with Gasteiger partial charge in [-0.1, -0.05) is 52.9 Å². The third-order valence-corrected chi connectivity index (χ3v) is 7.04. The number of hydrogen-bond donors (Lipinski definition) is 1. The lowest BCUT2D eigenvalue weighted by Crippen LogP contribution is -2.49. The number of anilines is 1. The fourth-order valence-electron chi connectivity index (χ4n) is 2.92. The molecule has 8 nitrogen and oxygen atoms in total. The van der Waals surface area contributed by atoms with Crippen LogP contribution in [0.4, 0.5) is 5.13 Å². The van der Waals surface area contributed by atoms with E-state index in [4.69, 9.17) is 16.3 Å². The van der Waals surface area contributed by atoms with Crippen molar-refractivity contribution in [3.05, 3.63) is 34.9 Å². The summed E-state index contributed by atoms with van der Waals surface area (Å²) in [4.78, 5) is 28.3. The molecule has 1 fully saturated rings. The molecule has 30 heavy (non-hydrogen) atoms. The van der Waals surface area contributed by atoms with Crippen molar-refractivity contribution in [2.45, 2.75) is 10.8 Å². The van der Waals surface area contributed by atoms with Crippen LogP contribution >= 0.6 is 34.7 Å². The molecule has 1 aliphatic heterocycles. The number of rotatable bonds is 9. The van der Waals surface area contributed by atoms with E-state index >= 15 is 0 Å². The first-order valence-corrected chi connectivity index (χ1v) is 11.7. The van der Waals surface area contributed by atoms with Crippen molar-refractivity contribution in [3.8, 4) is 0 Å². The smallest absolute Gasteiger partial charge is 0.230 e. The zero-order valence-electron chi connectivity index (χ0n) is 16.7. The second-order valence-corrected chi connectivity index (χ2v) is 9.20. The van der Waals surface area contributed by atoms with E-state index in [9.17, 15) is 9.59 Å². The van der Waals surface area contributed by atoms with Gasteiger partial charge in [-0.15, -0.1) is 10.2 Å². The van der Waals surface area contributed by atoms with Gasteiger partial charge in [-0.2, -0.15) is 0 Å². The van der Waals surface area contributed by atoms with Crippen LogP contribution in [0.5, 0.6) is 0 Å². The first-order chi connectivity index (χ1) is 14.6. The van der Waals surface area contributed by atoms with E-state index < -0.39 is 0 Å². The third-order valence-electron chi connectivity index (χ3n) is 4.55. The van der Waals surface area contributed by atoms with Gasteiger partial charge in [0.15, 0.2) is 4.34 Å². The fourth-order valence-corrected chi connectivity index (χ4v) is 4.85. The van der Waals surface area contributed by atoms with E-state index in [1.807, 2.05) is 23.1 Å². The third kappa shape index (κ3) is 6.56. The van der Waals surface area contributed by atoms with Crippen molar-refractivity contribution in [2.75, 3.05) is 57.1 Å². The average Bonchev–Trinajstić information content (AvgIpc) is 3.23. The molecule has 0 spiro atoms. The van der Waals surface area contributed by atoms with E-state index in [1.54, 1.807) is 13.2 Å². The molecular formula is C19H24ClN5O3S2. The maximum absolute atomic E-state index is 12.6. The van der Waals surface area contributed by atoms with Crippen molar-refractivity contribution in [1.29, 1.82) is 0 Å². The summed E-state index contributed by atoms with van der Waals surface area (Å²) >= 11 is 9.00. The molecule has 0 saturated carbocycles. The number of nitrogens with zero attached hydrogens (tertiary/aromatic N) is 4. The number of piperazine rings is 1. The number of hydrogen-bond acceptors (Lipinski definition) is 8. The Balaban J connectivity index is 1.43. The number of carbonyl (C=O) groups is 2. The number of halogens is 1. The molecule has 0 bridgehead atoms. The number of methoxy groups -OCH3 is 1. The Hall–Kier alpha value is -1.88. The zero-order chi connectivity index (χ0) is 21.3. The van der Waals surface area contributed by atoms with Crippen LogP contribution in [0.25, 0.3) is 0 Å². The molecule has 1 aromatic carbocycles. The summed E-state index contributed by atoms with van der Waals surface area (Å²) in [5, 5.41) is 12.6. The van der Waals surface area contributed by atoms with Crippen molar-refractivity contribution in [2.24, 2.45) is 0 Å². The molecule has 1 aliphatic rings. The molecule has 1 aromatic heterocycles. The lowest BCUT2D eigenvalue weighted by atomic mass is 10.1. The van der Waals surface area contributed by atoms with Gasteiger partial charge >= 0.3 is 0 Å². The zero-order valence-corrected chi connectivity index (χ0v) is 19.1. The van der Waals surface area contributed by atoms with Crippen LogP contribution in [-0.4, -0.2) is 79.1 Å². The Labute approximate surface area is 188 Å². The van der Waals surface area contributed by atoms with E-state index in [0.29, 0.717) is 56.5 Å². The van der Waals surface area contributed by atoms with Gasteiger partial charge in [-0.05, 0) is 11.6 Å². The minimum absolute atomic E-state index is 0.0561. The Morgan fingerprint density at radius 1 is 1.23 bits per heavy atom. The van der Waals surface area contributed by atoms with Crippen LogP contribution in [0.3, 0.4) is 0 Å². The van der Waals surface area contributed by atoms with Crippen molar-refractivity contribution in [1.82, 2.24) is 20.4 Å². The average molecular weight is 470 g/mol. The van der Waals surface area contributed by atoms with Crippen LogP contribution in [0, 0.1) is 0 Å². The van der Waals surface area contributed by atoms with Gasteiger partial charge in [0.2, 0.25) is 16.9 Å². The van der Waals surface area contributed by atoms with Crippen LogP contribution in [0.1, 0.15) is 5.56 Å². The molecule has 0 unspecified atom stereocenters. The molecule has 2 amide bonds. The SMILES string of the molecule is COCCNC(=O)CSc1nnc(N2CCN(C(=O)Cc3ccccc3Cl)CC2)s1. The maximum atomic E-state index is 12.6. The molecule has 0 aliphatic carbocycles. The van der Waals surface area contributed by atoms with Gasteiger partial charge in [-0.25, -0.2) is 0 Å². The first kappa shape index (κ1) is 22.8. The molecule has 11 heteroatoms. The summed E-state index contributed by atoms with van der Waals surface area (Å²) < 4.78 is 5.66. The highest BCUT2D eigenvalue weighted by atomic mass is 35.5. The lowest BCUT2D eigenvalue weighted by molar-refractivity contribution is -0.130. The highest BCUT2D eigenvalue weighted by Gasteiger charge is 2.24. The maximum Gasteiger partial charge on any atom is 0.230 e. The largest absolute Gasteiger partial charge is 0.383 e. The minimum atomic E-state index is -0.0561. The standard InChI is InChI=1S/C19H24ClN5O3S2/c1-28-11-6-21-16(26)13-29-19-23-22-18(30-19)25-9-7-24(8-10-25)17(27)12-14-4-2-3-5-15(14)20/h2-5H,6-13H2,1H3,(H,21,26). The summed E-state index contributed by atoms with van der Waals surface area (Å²) in [6, 6.07) is 7.43. The number of aromatic nitrogens is 2. The molecule has 0 radical (unpaired) electrons. The van der Waals surface area contributed by atoms with Crippen LogP contribution < -0.4 is 10.2 Å². The number of thioether (sulfide) groups is 1. The summed E-state index contributed by atoms with van der Waals surface area (Å²) in [5.41, 5.74) is 0.851. The predicted octanol–water partition coefficient (Wildman–Crippen LogP) is 1.94. The van der Waals surface area contributed by atoms with Gasteiger partial charge in [0.25, 0.3) is 0 Å². The lowest BCUT2D eigenvalue weighted by Gasteiger charge is -2.34. The van der Waals surface area contributed by atoms with Gasteiger partial charge in [0.05, 0.1) is 18.8 Å². The molecular weight excluding hydrogens is 446 g/mol. The highest BCUT2D eigenvalue weighted by Crippen LogP contribution is 2.28. The van der Waals surface area contributed by atoms with Gasteiger partial charge in [0.1, 0.15) is 0 Å². The quantitative estimate of drug-likeness (QED) is 0.443. The Morgan fingerprint density at radius 3 is 2.73 bits per heavy atom. The molecule has 1 saturated heterocycles. The van der Waals surface area contributed by atoms with Gasteiger partial charge < -0.3 is 19.9 Å². The van der Waals surface area contributed by atoms with Crippen LogP contribution in [0.15, 0.2) is 28.6 Å². The van der Waals surface area contributed by atoms with Crippen LogP contribution in [0.2, 0.25) is 5.02 Å². The Morgan fingerprint density at radius 2 is 2.00 bits per heavy atom.